The van der Waals surface area contributed by atoms with E-state index in [1.54, 1.807) is 29.3 Å². The van der Waals surface area contributed by atoms with Crippen molar-refractivity contribution in [1.82, 2.24) is 25.1 Å². The van der Waals surface area contributed by atoms with Crippen LogP contribution in [-0.4, -0.2) is 62.5 Å². The van der Waals surface area contributed by atoms with Gasteiger partial charge in [-0.05, 0) is 66.6 Å². The van der Waals surface area contributed by atoms with Crippen molar-refractivity contribution in [1.29, 1.82) is 0 Å². The highest BCUT2D eigenvalue weighted by Crippen LogP contribution is 2.38. The number of hydrogen-bond acceptors (Lipinski definition) is 6. The number of fused-ring (bicyclic) bond motifs is 2. The van der Waals surface area contributed by atoms with Crippen molar-refractivity contribution in [3.8, 4) is 0 Å². The molecule has 9 nitrogen and oxygen atoms in total. The predicted molar refractivity (Wildman–Crippen MR) is 130 cm³/mol. The van der Waals surface area contributed by atoms with E-state index in [4.69, 9.17) is 0 Å². The van der Waals surface area contributed by atoms with E-state index in [1.807, 2.05) is 0 Å². The molecule has 4 heterocycles. The topological polar surface area (TPSA) is 113 Å². The number of nitrogens with one attached hydrogen (secondary N) is 1. The lowest BCUT2D eigenvalue weighted by Gasteiger charge is -2.33. The Labute approximate surface area is 211 Å². The summed E-state index contributed by atoms with van der Waals surface area (Å²) in [5.74, 6) is -1.83. The number of amides is 4. The van der Waals surface area contributed by atoms with Crippen molar-refractivity contribution in [2.24, 2.45) is 0 Å². The normalized spacial score (nSPS) is 20.4. The maximum absolute atomic E-state index is 14.6. The third kappa shape index (κ3) is 4.12. The summed E-state index contributed by atoms with van der Waals surface area (Å²) in [7, 11) is 0. The minimum atomic E-state index is -0.750. The predicted octanol–water partition coefficient (Wildman–Crippen LogP) is 2.55. The lowest BCUT2D eigenvalue weighted by atomic mass is 9.85. The van der Waals surface area contributed by atoms with Gasteiger partial charge in [0.25, 0.3) is 11.8 Å². The Bertz CT molecular complexity index is 1470. The van der Waals surface area contributed by atoms with Crippen LogP contribution in [0.4, 0.5) is 4.39 Å². The monoisotopic (exact) mass is 501 g/mol. The summed E-state index contributed by atoms with van der Waals surface area (Å²) in [6.45, 7) is 1.21. The first-order valence-electron chi connectivity index (χ1n) is 12.3. The van der Waals surface area contributed by atoms with Crippen LogP contribution < -0.4 is 5.32 Å². The number of carbonyl (C=O) groups is 4. The van der Waals surface area contributed by atoms with Gasteiger partial charge < -0.3 is 9.80 Å². The smallest absolute Gasteiger partial charge is 0.255 e. The second-order valence-electron chi connectivity index (χ2n) is 9.78. The van der Waals surface area contributed by atoms with Gasteiger partial charge >= 0.3 is 0 Å². The average molecular weight is 502 g/mol. The molecule has 0 spiro atoms. The number of benzene rings is 2. The van der Waals surface area contributed by atoms with Crippen molar-refractivity contribution in [2.75, 3.05) is 13.1 Å². The lowest BCUT2D eigenvalue weighted by molar-refractivity contribution is -0.136. The Balaban J connectivity index is 1.19. The van der Waals surface area contributed by atoms with Crippen LogP contribution in [0.25, 0.3) is 10.9 Å². The third-order valence-electron chi connectivity index (χ3n) is 7.63. The molecule has 4 amide bonds. The van der Waals surface area contributed by atoms with Crippen molar-refractivity contribution in [3.63, 3.8) is 0 Å². The fraction of sp³-hybridized carbons (Fsp3) is 0.333. The number of hydrogen-bond donors (Lipinski definition) is 1. The van der Waals surface area contributed by atoms with E-state index >= 15 is 0 Å². The molecule has 2 aromatic carbocycles. The van der Waals surface area contributed by atoms with Gasteiger partial charge in [0, 0.05) is 48.8 Å². The van der Waals surface area contributed by atoms with E-state index in [2.05, 4.69) is 15.3 Å². The van der Waals surface area contributed by atoms with Crippen LogP contribution in [0.2, 0.25) is 0 Å². The molecular formula is C27H24FN5O4. The van der Waals surface area contributed by atoms with Crippen LogP contribution >= 0.6 is 0 Å². The SMILES string of the molecule is O=C1CCC(N2Cc3c(cc(F)cc3C3CCN(C(=O)c4ccc5ncncc5c4)CC3)C2=O)C(=O)N1. The maximum Gasteiger partial charge on any atom is 0.255 e. The molecule has 1 N–H and O–H groups in total. The van der Waals surface area contributed by atoms with Gasteiger partial charge in [-0.2, -0.15) is 0 Å². The first-order chi connectivity index (χ1) is 17.9. The number of halogens is 1. The average Bonchev–Trinajstić information content (AvgIpc) is 3.23. The van der Waals surface area contributed by atoms with E-state index in [-0.39, 0.29) is 42.7 Å². The van der Waals surface area contributed by atoms with Crippen molar-refractivity contribution in [3.05, 3.63) is 70.9 Å². The van der Waals surface area contributed by atoms with E-state index < -0.39 is 23.7 Å². The molecular weight excluding hydrogens is 477 g/mol. The second kappa shape index (κ2) is 9.02. The Kier molecular flexibility index (Phi) is 5.66. The minimum absolute atomic E-state index is 0.0204. The number of imide groups is 1. The van der Waals surface area contributed by atoms with Crippen LogP contribution in [0.5, 0.6) is 0 Å². The Morgan fingerprint density at radius 2 is 1.86 bits per heavy atom. The van der Waals surface area contributed by atoms with Crippen molar-refractivity contribution in [2.45, 2.75) is 44.2 Å². The number of carbonyl (C=O) groups excluding carboxylic acids is 4. The first kappa shape index (κ1) is 23.2. The van der Waals surface area contributed by atoms with E-state index in [0.717, 1.165) is 22.0 Å². The van der Waals surface area contributed by atoms with Gasteiger partial charge in [0.05, 0.1) is 5.52 Å². The fourth-order valence-electron chi connectivity index (χ4n) is 5.71. The summed E-state index contributed by atoms with van der Waals surface area (Å²) in [6, 6.07) is 7.32. The molecule has 3 aliphatic rings. The highest BCUT2D eigenvalue weighted by Gasteiger charge is 2.41. The number of aromatic nitrogens is 2. The van der Waals surface area contributed by atoms with E-state index in [1.165, 1.54) is 23.4 Å². The van der Waals surface area contributed by atoms with Gasteiger partial charge in [0.15, 0.2) is 0 Å². The van der Waals surface area contributed by atoms with Crippen LogP contribution in [0.1, 0.15) is 63.4 Å². The van der Waals surface area contributed by atoms with Gasteiger partial charge in [-0.3, -0.25) is 24.5 Å². The van der Waals surface area contributed by atoms with Gasteiger partial charge in [0.2, 0.25) is 11.8 Å². The molecule has 188 valence electrons. The largest absolute Gasteiger partial charge is 0.339 e. The van der Waals surface area contributed by atoms with Crippen LogP contribution in [0.3, 0.4) is 0 Å². The summed E-state index contributed by atoms with van der Waals surface area (Å²) >= 11 is 0. The molecule has 0 radical (unpaired) electrons. The zero-order chi connectivity index (χ0) is 25.7. The Morgan fingerprint density at radius 1 is 1.05 bits per heavy atom. The van der Waals surface area contributed by atoms with Gasteiger partial charge in [-0.1, -0.05) is 0 Å². The molecule has 3 aromatic rings. The minimum Gasteiger partial charge on any atom is -0.339 e. The summed E-state index contributed by atoms with van der Waals surface area (Å²) in [4.78, 5) is 61.7. The number of piperidine rings is 2. The first-order valence-corrected chi connectivity index (χ1v) is 12.3. The summed E-state index contributed by atoms with van der Waals surface area (Å²) < 4.78 is 14.6. The highest BCUT2D eigenvalue weighted by molar-refractivity contribution is 6.05. The number of rotatable bonds is 3. The molecule has 6 rings (SSSR count). The Hall–Kier alpha value is -4.21. The van der Waals surface area contributed by atoms with Crippen LogP contribution in [0.15, 0.2) is 42.9 Å². The van der Waals surface area contributed by atoms with Crippen molar-refractivity contribution >= 4 is 34.5 Å². The molecule has 2 saturated heterocycles. The standard InChI is InChI=1S/C27H24FN5O4/c28-18-10-19(21-13-33(27(37)20(21)11-18)23-3-4-24(34)31-25(23)35)15-5-7-32(8-6-15)26(36)16-1-2-22-17(9-16)12-29-14-30-22/h1-2,9-12,14-15,23H,3-8,13H2,(H,31,34,35). The summed E-state index contributed by atoms with van der Waals surface area (Å²) in [5.41, 5.74) is 3.10. The molecule has 0 saturated carbocycles. The molecule has 0 bridgehead atoms. The molecule has 2 fully saturated rings. The van der Waals surface area contributed by atoms with E-state index in [9.17, 15) is 23.6 Å². The number of likely N-dealkylation sites (tertiary alicyclic amines) is 1. The lowest BCUT2D eigenvalue weighted by Crippen LogP contribution is -2.52. The van der Waals surface area contributed by atoms with Gasteiger partial charge in [-0.25, -0.2) is 14.4 Å². The molecule has 1 unspecified atom stereocenters. The third-order valence-corrected chi connectivity index (χ3v) is 7.63. The number of nitrogens with zero attached hydrogens (tertiary/aromatic N) is 4. The van der Waals surface area contributed by atoms with Crippen LogP contribution in [0, 0.1) is 5.82 Å². The molecule has 37 heavy (non-hydrogen) atoms. The fourth-order valence-corrected chi connectivity index (χ4v) is 5.71. The highest BCUT2D eigenvalue weighted by atomic mass is 19.1. The molecule has 3 aliphatic heterocycles. The second-order valence-corrected chi connectivity index (χ2v) is 9.78. The van der Waals surface area contributed by atoms with Crippen LogP contribution in [-0.2, 0) is 16.1 Å². The summed E-state index contributed by atoms with van der Waals surface area (Å²) in [6.07, 6.45) is 4.82. The maximum atomic E-state index is 14.6. The quantitative estimate of drug-likeness (QED) is 0.552. The van der Waals surface area contributed by atoms with Gasteiger partial charge in [-0.15, -0.1) is 0 Å². The zero-order valence-corrected chi connectivity index (χ0v) is 19.9. The van der Waals surface area contributed by atoms with Crippen molar-refractivity contribution < 1.29 is 23.6 Å². The molecule has 1 aromatic heterocycles. The molecule has 10 heteroatoms. The van der Waals surface area contributed by atoms with Gasteiger partial charge in [0.1, 0.15) is 18.2 Å². The Morgan fingerprint density at radius 3 is 2.65 bits per heavy atom. The van der Waals surface area contributed by atoms with E-state index in [0.29, 0.717) is 31.5 Å². The zero-order valence-electron chi connectivity index (χ0n) is 19.9. The molecule has 0 aliphatic carbocycles. The summed E-state index contributed by atoms with van der Waals surface area (Å²) in [5, 5.41) is 3.09. The molecule has 1 atom stereocenters.